The molecule has 6 rings (SSSR count). The van der Waals surface area contributed by atoms with Crippen LogP contribution in [0.3, 0.4) is 0 Å². The van der Waals surface area contributed by atoms with Crippen molar-refractivity contribution in [1.82, 2.24) is 21.5 Å². The van der Waals surface area contributed by atoms with E-state index in [0.29, 0.717) is 13.4 Å². The molecule has 5 aromatic carbocycles. The number of hydrogen-bond donors (Lipinski definition) is 0. The van der Waals surface area contributed by atoms with Gasteiger partial charge in [0.15, 0.2) is 0 Å². The number of hydrogen-bond acceptors (Lipinski definition) is 10. The van der Waals surface area contributed by atoms with Gasteiger partial charge in [-0.2, -0.15) is 21.5 Å². The van der Waals surface area contributed by atoms with Gasteiger partial charge in [-0.1, -0.05) is 144 Å². The Morgan fingerprint density at radius 3 is 0.533 bits per heavy atom. The lowest BCUT2D eigenvalue weighted by atomic mass is 10.2. The standard InChI is InChI=1S/C52H56Br3N5O10S5/c1-43-13-23-48(24-14-43)71(61,62)56-33-3-4-34-57(72(63,64)49-25-15-44(2)16-26-49)36-6-8-38-59(74(67,68)51-29-19-46(54)20-30-51)40-10-12-42-60(75(69,70)52-31-21-47(55)22-32-52)41-11-9-39-58(37-7-5-35-56)73(65,66)50-27-17-45(53)18-28-50/h3-32H,33-42H2,1-2H3/b4-3+,7-5+,8-6+,11-9+,12-10+. The summed E-state index contributed by atoms with van der Waals surface area (Å²) in [6.07, 6.45) is 15.3. The Balaban J connectivity index is 1.43. The van der Waals surface area contributed by atoms with Crippen LogP contribution in [0.2, 0.25) is 0 Å². The number of sulfonamides is 5. The summed E-state index contributed by atoms with van der Waals surface area (Å²) < 4.78 is 150. The molecule has 0 radical (unpaired) electrons. The van der Waals surface area contributed by atoms with Crippen molar-refractivity contribution < 1.29 is 42.1 Å². The van der Waals surface area contributed by atoms with Crippen LogP contribution in [0.1, 0.15) is 11.1 Å². The summed E-state index contributed by atoms with van der Waals surface area (Å²) in [5, 5.41) is 0. The van der Waals surface area contributed by atoms with E-state index in [2.05, 4.69) is 47.8 Å². The molecule has 1 aliphatic heterocycles. The van der Waals surface area contributed by atoms with E-state index in [0.717, 1.165) is 24.0 Å². The Bertz CT molecular complexity index is 2890. The highest BCUT2D eigenvalue weighted by Gasteiger charge is 2.28. The summed E-state index contributed by atoms with van der Waals surface area (Å²) in [6, 6.07) is 30.8. The second-order valence-corrected chi connectivity index (χ2v) is 29.4. The molecule has 0 saturated heterocycles. The Labute approximate surface area is 467 Å². The highest BCUT2D eigenvalue weighted by Crippen LogP contribution is 2.24. The van der Waals surface area contributed by atoms with Crippen LogP contribution in [0.5, 0.6) is 0 Å². The largest absolute Gasteiger partial charge is 0.243 e. The third kappa shape index (κ3) is 16.2. The maximum absolute atomic E-state index is 14.2. The van der Waals surface area contributed by atoms with Crippen molar-refractivity contribution in [3.63, 3.8) is 0 Å². The number of rotatable bonds is 10. The van der Waals surface area contributed by atoms with Crippen molar-refractivity contribution in [2.75, 3.05) is 65.4 Å². The van der Waals surface area contributed by atoms with E-state index in [-0.39, 0.29) is 89.9 Å². The van der Waals surface area contributed by atoms with Gasteiger partial charge in [0.2, 0.25) is 50.1 Å². The van der Waals surface area contributed by atoms with Crippen LogP contribution >= 0.6 is 47.8 Å². The lowest BCUT2D eigenvalue weighted by Gasteiger charge is -2.22. The lowest BCUT2D eigenvalue weighted by molar-refractivity contribution is 0.461. The number of aryl methyl sites for hydroxylation is 2. The van der Waals surface area contributed by atoms with Gasteiger partial charge >= 0.3 is 0 Å². The number of nitrogens with zero attached hydrogens (tertiary/aromatic N) is 5. The molecule has 75 heavy (non-hydrogen) atoms. The zero-order chi connectivity index (χ0) is 54.4. The molecule has 1 heterocycles. The molecule has 1 aliphatic rings. The molecule has 0 amide bonds. The molecule has 0 aromatic heterocycles. The Hall–Kier alpha value is -4.21. The maximum Gasteiger partial charge on any atom is 0.243 e. The molecule has 0 spiro atoms. The second kappa shape index (κ2) is 26.9. The molecule has 0 N–H and O–H groups in total. The van der Waals surface area contributed by atoms with Crippen LogP contribution in [0.15, 0.2) is 220 Å². The monoisotopic (exact) mass is 1310 g/mol. The van der Waals surface area contributed by atoms with Gasteiger partial charge in [0.05, 0.1) is 24.5 Å². The molecule has 0 aliphatic carbocycles. The first-order chi connectivity index (χ1) is 35.5. The molecule has 0 fully saturated rings. The molecule has 400 valence electrons. The summed E-state index contributed by atoms with van der Waals surface area (Å²) in [7, 11) is -20.9. The normalized spacial score (nSPS) is 19.3. The Morgan fingerprint density at radius 2 is 0.387 bits per heavy atom. The fraction of sp³-hybridized carbons (Fsp3) is 0.231. The van der Waals surface area contributed by atoms with E-state index >= 15 is 0 Å². The topological polar surface area (TPSA) is 187 Å². The number of benzene rings is 5. The molecule has 15 nitrogen and oxygen atoms in total. The minimum Gasteiger partial charge on any atom is -0.207 e. The first-order valence-electron chi connectivity index (χ1n) is 23.2. The molecular formula is C52H56Br3N5O10S5. The van der Waals surface area contributed by atoms with E-state index in [9.17, 15) is 42.1 Å². The third-order valence-corrected chi connectivity index (χ3v) is 22.4. The van der Waals surface area contributed by atoms with Gasteiger partial charge < -0.3 is 0 Å². The van der Waals surface area contributed by atoms with Gasteiger partial charge in [-0.25, -0.2) is 42.1 Å². The van der Waals surface area contributed by atoms with Crippen LogP contribution in [0, 0.1) is 13.8 Å². The van der Waals surface area contributed by atoms with Crippen LogP contribution < -0.4 is 0 Å². The molecule has 23 heteroatoms. The quantitative estimate of drug-likeness (QED) is 0.122. The van der Waals surface area contributed by atoms with Gasteiger partial charge in [-0.3, -0.25) is 0 Å². The molecule has 0 unspecified atom stereocenters. The molecule has 0 bridgehead atoms. The summed E-state index contributed by atoms with van der Waals surface area (Å²) in [5.74, 6) is 0. The highest BCUT2D eigenvalue weighted by molar-refractivity contribution is 9.11. The van der Waals surface area contributed by atoms with Crippen molar-refractivity contribution in [3.8, 4) is 0 Å². The average molecular weight is 1310 g/mol. The van der Waals surface area contributed by atoms with E-state index < -0.39 is 50.1 Å². The predicted octanol–water partition coefficient (Wildman–Crippen LogP) is 9.14. The molecule has 5 aromatic rings. The Kier molecular flexibility index (Phi) is 21.5. The Morgan fingerprint density at radius 1 is 0.253 bits per heavy atom. The molecular weight excluding hydrogens is 1250 g/mol. The second-order valence-electron chi connectivity index (χ2n) is 17.0. The molecule has 0 atom stereocenters. The van der Waals surface area contributed by atoms with E-state index in [1.165, 1.54) is 130 Å². The average Bonchev–Trinajstić information content (AvgIpc) is 3.36. The van der Waals surface area contributed by atoms with Crippen LogP contribution in [-0.2, 0) is 50.1 Å². The summed E-state index contributed by atoms with van der Waals surface area (Å²) in [5.41, 5.74) is 1.68. The van der Waals surface area contributed by atoms with Crippen molar-refractivity contribution >= 4 is 97.9 Å². The summed E-state index contributed by atoms with van der Waals surface area (Å²) in [4.78, 5) is -0.0173. The van der Waals surface area contributed by atoms with Crippen molar-refractivity contribution in [2.45, 2.75) is 38.3 Å². The van der Waals surface area contributed by atoms with Crippen molar-refractivity contribution in [2.24, 2.45) is 0 Å². The zero-order valence-electron chi connectivity index (χ0n) is 40.9. The first-order valence-corrected chi connectivity index (χ1v) is 32.8. The van der Waals surface area contributed by atoms with Gasteiger partial charge in [0.1, 0.15) is 0 Å². The summed E-state index contributed by atoms with van der Waals surface area (Å²) in [6.45, 7) is 1.58. The van der Waals surface area contributed by atoms with Gasteiger partial charge in [-0.05, 0) is 111 Å². The maximum atomic E-state index is 14.2. The van der Waals surface area contributed by atoms with Crippen LogP contribution in [-0.4, -0.2) is 129 Å². The SMILES string of the molecule is Cc1ccc(S(=O)(=O)N2C/C=C/CN(S(=O)(=O)c3ccc(C)cc3)C/C=C/CN(S(=O)(=O)c3ccc(Br)cc3)C/C=C/CN(S(=O)(=O)c3ccc(Br)cc3)C/C=C/CN(S(=O)(=O)c3ccc(Br)cc3)C/C=C/C2)cc1. The third-order valence-electron chi connectivity index (χ3n) is 11.6. The van der Waals surface area contributed by atoms with E-state index in [4.69, 9.17) is 0 Å². The number of halogens is 3. The minimum atomic E-state index is -4.19. The predicted molar refractivity (Wildman–Crippen MR) is 304 cm³/mol. The lowest BCUT2D eigenvalue weighted by Crippen LogP contribution is -2.34. The van der Waals surface area contributed by atoms with Gasteiger partial charge in [0.25, 0.3) is 0 Å². The highest BCUT2D eigenvalue weighted by atomic mass is 79.9. The van der Waals surface area contributed by atoms with Crippen molar-refractivity contribution in [1.29, 1.82) is 0 Å². The summed E-state index contributed by atoms with van der Waals surface area (Å²) >= 11 is 10.0. The van der Waals surface area contributed by atoms with Crippen LogP contribution in [0.25, 0.3) is 0 Å². The smallest absolute Gasteiger partial charge is 0.207 e. The van der Waals surface area contributed by atoms with E-state index in [1.54, 1.807) is 60.7 Å². The van der Waals surface area contributed by atoms with Gasteiger partial charge in [0, 0.05) is 78.9 Å². The van der Waals surface area contributed by atoms with Crippen molar-refractivity contribution in [3.05, 3.63) is 207 Å². The van der Waals surface area contributed by atoms with Crippen LogP contribution in [0.4, 0.5) is 0 Å². The fourth-order valence-corrected chi connectivity index (χ4v) is 14.8. The fourth-order valence-electron chi connectivity index (χ4n) is 7.26. The molecule has 0 saturated carbocycles. The van der Waals surface area contributed by atoms with E-state index in [1.807, 2.05) is 13.8 Å². The van der Waals surface area contributed by atoms with Gasteiger partial charge in [-0.15, -0.1) is 0 Å². The first kappa shape index (κ1) is 60.0. The minimum absolute atomic E-state index is 0.0136. The zero-order valence-corrected chi connectivity index (χ0v) is 49.7.